The van der Waals surface area contributed by atoms with E-state index in [2.05, 4.69) is 53.0 Å². The molecule has 0 atom stereocenters. The van der Waals surface area contributed by atoms with Crippen LogP contribution in [-0.4, -0.2) is 61.6 Å². The summed E-state index contributed by atoms with van der Waals surface area (Å²) >= 11 is 8.02. The molecule has 0 spiro atoms. The van der Waals surface area contributed by atoms with Crippen LogP contribution in [0.3, 0.4) is 0 Å². The Hall–Kier alpha value is -2.06. The van der Waals surface area contributed by atoms with Gasteiger partial charge in [0.2, 0.25) is 0 Å². The maximum absolute atomic E-state index is 6.35. The molecule has 2 aliphatic rings. The Morgan fingerprint density at radius 1 is 1.22 bits per heavy atom. The van der Waals surface area contributed by atoms with Gasteiger partial charge >= 0.3 is 0 Å². The van der Waals surface area contributed by atoms with Crippen LogP contribution in [0.25, 0.3) is 5.57 Å². The minimum atomic E-state index is 0.545. The smallest absolute Gasteiger partial charge is 0.141 e. The Bertz CT molecular complexity index is 921. The average molecular weight is 477 g/mol. The molecule has 2 aliphatic heterocycles. The third-order valence-electron chi connectivity index (χ3n) is 5.55. The van der Waals surface area contributed by atoms with E-state index in [1.807, 2.05) is 30.2 Å². The fourth-order valence-corrected chi connectivity index (χ4v) is 4.59. The fraction of sp³-hybridized carbons (Fsp3) is 0.417. The summed E-state index contributed by atoms with van der Waals surface area (Å²) in [5.74, 6) is 1.31. The van der Waals surface area contributed by atoms with Crippen LogP contribution in [0.15, 0.2) is 54.7 Å². The second kappa shape index (κ2) is 11.2. The van der Waals surface area contributed by atoms with E-state index < -0.39 is 0 Å². The van der Waals surface area contributed by atoms with Crippen LogP contribution in [-0.2, 0) is 0 Å². The summed E-state index contributed by atoms with van der Waals surface area (Å²) in [5.41, 5.74) is 4.06. The van der Waals surface area contributed by atoms with Crippen LogP contribution in [0, 0.1) is 0 Å². The highest BCUT2D eigenvalue weighted by molar-refractivity contribution is 7.95. The summed E-state index contributed by atoms with van der Waals surface area (Å²) in [7, 11) is 7.35. The molecule has 0 radical (unpaired) electrons. The molecular weight excluding hydrogens is 444 g/mol. The monoisotopic (exact) mass is 476 g/mol. The van der Waals surface area contributed by atoms with Gasteiger partial charge in [0.15, 0.2) is 0 Å². The van der Waals surface area contributed by atoms with Crippen LogP contribution >= 0.6 is 23.7 Å². The average Bonchev–Trinajstić information content (AvgIpc) is 2.79. The molecule has 0 saturated carbocycles. The van der Waals surface area contributed by atoms with Crippen molar-refractivity contribution in [2.24, 2.45) is 0 Å². The largest absolute Gasteiger partial charge is 0.496 e. The van der Waals surface area contributed by atoms with E-state index in [0.29, 0.717) is 22.6 Å². The molecule has 2 heterocycles. The summed E-state index contributed by atoms with van der Waals surface area (Å²) in [4.78, 5) is 4.46. The Kier molecular flexibility index (Phi) is 8.59. The molecule has 0 aliphatic carbocycles. The van der Waals surface area contributed by atoms with Gasteiger partial charge in [-0.25, -0.2) is 9.03 Å². The molecule has 1 N–H and O–H groups in total. The highest BCUT2D eigenvalue weighted by Gasteiger charge is 2.22. The molecular formula is C24H33ClN4O2S. The van der Waals surface area contributed by atoms with Crippen LogP contribution in [0.1, 0.15) is 25.3 Å². The summed E-state index contributed by atoms with van der Waals surface area (Å²) in [6.07, 6.45) is 10.6. The predicted octanol–water partition coefficient (Wildman–Crippen LogP) is 5.12. The van der Waals surface area contributed by atoms with E-state index in [0.717, 1.165) is 42.8 Å². The van der Waals surface area contributed by atoms with Gasteiger partial charge in [-0.3, -0.25) is 0 Å². The van der Waals surface area contributed by atoms with E-state index in [9.17, 15) is 0 Å². The second-order valence-electron chi connectivity index (χ2n) is 8.07. The van der Waals surface area contributed by atoms with E-state index in [1.165, 1.54) is 5.70 Å². The Labute approximate surface area is 201 Å². The van der Waals surface area contributed by atoms with Crippen LogP contribution in [0.5, 0.6) is 11.5 Å². The van der Waals surface area contributed by atoms with Crippen molar-refractivity contribution in [3.8, 4) is 11.5 Å². The Balaban J connectivity index is 1.66. The quantitative estimate of drug-likeness (QED) is 0.522. The van der Waals surface area contributed by atoms with E-state index in [-0.39, 0.29) is 0 Å². The lowest BCUT2D eigenvalue weighted by atomic mass is 10.0. The zero-order chi connectivity index (χ0) is 23.3. The molecule has 1 aromatic carbocycles. The standard InChI is InChI=1S/C24H33ClN4O2S/c1-17(21-14-22(25)24(31-6)15-23(21)30-5)16-29-12-9-20(13-18(29)2)28-10-7-19(8-11-28)26-32-27(3)4/h9,12-16,19,26H,2,7-8,10-11H2,1,3-6H3/b17-16+. The van der Waals surface area contributed by atoms with Crippen LogP contribution < -0.4 is 14.2 Å². The number of rotatable bonds is 8. The Morgan fingerprint density at radius 2 is 1.91 bits per heavy atom. The summed E-state index contributed by atoms with van der Waals surface area (Å²) in [5, 5.41) is 0.549. The predicted molar refractivity (Wildman–Crippen MR) is 135 cm³/mol. The molecule has 174 valence electrons. The molecule has 6 nitrogen and oxygen atoms in total. The molecule has 3 rings (SSSR count). The molecule has 0 unspecified atom stereocenters. The fourth-order valence-electron chi connectivity index (χ4n) is 3.75. The van der Waals surface area contributed by atoms with Gasteiger partial charge in [-0.2, -0.15) is 0 Å². The number of allylic oxidation sites excluding steroid dienone is 3. The van der Waals surface area contributed by atoms with Crippen molar-refractivity contribution in [1.82, 2.24) is 18.8 Å². The summed E-state index contributed by atoms with van der Waals surface area (Å²) < 4.78 is 16.5. The normalized spacial score (nSPS) is 17.8. The highest BCUT2D eigenvalue weighted by Crippen LogP contribution is 2.36. The van der Waals surface area contributed by atoms with Gasteiger partial charge in [-0.05, 0) is 57.7 Å². The lowest BCUT2D eigenvalue weighted by molar-refractivity contribution is 0.262. The maximum atomic E-state index is 6.35. The van der Waals surface area contributed by atoms with Crippen molar-refractivity contribution in [2.45, 2.75) is 25.8 Å². The van der Waals surface area contributed by atoms with Crippen molar-refractivity contribution in [2.75, 3.05) is 41.4 Å². The minimum Gasteiger partial charge on any atom is -0.496 e. The highest BCUT2D eigenvalue weighted by atomic mass is 35.5. The molecule has 1 aromatic rings. The van der Waals surface area contributed by atoms with Crippen molar-refractivity contribution < 1.29 is 9.47 Å². The number of hydrogen-bond acceptors (Lipinski definition) is 7. The van der Waals surface area contributed by atoms with Crippen molar-refractivity contribution in [3.05, 3.63) is 65.2 Å². The third kappa shape index (κ3) is 6.04. The van der Waals surface area contributed by atoms with E-state index in [4.69, 9.17) is 21.1 Å². The topological polar surface area (TPSA) is 40.2 Å². The van der Waals surface area contributed by atoms with Crippen LogP contribution in [0.4, 0.5) is 0 Å². The summed E-state index contributed by atoms with van der Waals surface area (Å²) in [6.45, 7) is 8.37. The SMILES string of the molecule is C=C1C=C(N2CCC(NSN(C)C)CC2)C=CN1/C=C(\C)c1cc(Cl)c(OC)cc1OC. The van der Waals surface area contributed by atoms with E-state index in [1.54, 1.807) is 26.4 Å². The van der Waals surface area contributed by atoms with Gasteiger partial charge in [-0.1, -0.05) is 18.2 Å². The molecule has 8 heteroatoms. The van der Waals surface area contributed by atoms with Gasteiger partial charge < -0.3 is 19.3 Å². The van der Waals surface area contributed by atoms with Crippen LogP contribution in [0.2, 0.25) is 5.02 Å². The first-order valence-electron chi connectivity index (χ1n) is 10.6. The van der Waals surface area contributed by atoms with Gasteiger partial charge in [0.05, 0.1) is 19.2 Å². The second-order valence-corrected chi connectivity index (χ2v) is 9.62. The number of nitrogens with one attached hydrogen (secondary N) is 1. The number of methoxy groups -OCH3 is 2. The number of ether oxygens (including phenoxy) is 2. The number of hydrogen-bond donors (Lipinski definition) is 1. The number of benzene rings is 1. The molecule has 0 bridgehead atoms. The Morgan fingerprint density at radius 3 is 2.50 bits per heavy atom. The zero-order valence-corrected chi connectivity index (χ0v) is 21.1. The van der Waals surface area contributed by atoms with Crippen molar-refractivity contribution in [3.63, 3.8) is 0 Å². The van der Waals surface area contributed by atoms with Gasteiger partial charge in [0.1, 0.15) is 11.5 Å². The molecule has 32 heavy (non-hydrogen) atoms. The molecule has 1 saturated heterocycles. The lowest BCUT2D eigenvalue weighted by Crippen LogP contribution is -2.40. The lowest BCUT2D eigenvalue weighted by Gasteiger charge is -2.36. The third-order valence-corrected chi connectivity index (χ3v) is 6.64. The first-order chi connectivity index (χ1) is 15.3. The number of halogens is 1. The first kappa shape index (κ1) is 24.6. The van der Waals surface area contributed by atoms with Gasteiger partial charge in [0, 0.05) is 66.7 Å². The zero-order valence-electron chi connectivity index (χ0n) is 19.5. The molecule has 1 fully saturated rings. The van der Waals surface area contributed by atoms with Gasteiger partial charge in [0.25, 0.3) is 0 Å². The van der Waals surface area contributed by atoms with E-state index >= 15 is 0 Å². The van der Waals surface area contributed by atoms with Crippen molar-refractivity contribution >= 4 is 29.3 Å². The maximum Gasteiger partial charge on any atom is 0.141 e. The minimum absolute atomic E-state index is 0.545. The first-order valence-corrected chi connectivity index (χ1v) is 11.8. The molecule has 0 amide bonds. The number of piperidine rings is 1. The summed E-state index contributed by atoms with van der Waals surface area (Å²) in [6, 6.07) is 4.22. The van der Waals surface area contributed by atoms with Crippen molar-refractivity contribution in [1.29, 1.82) is 0 Å². The number of likely N-dealkylation sites (tertiary alicyclic amines) is 1. The number of nitrogens with zero attached hydrogens (tertiary/aromatic N) is 3. The van der Waals surface area contributed by atoms with Gasteiger partial charge in [-0.15, -0.1) is 0 Å². The molecule has 0 aromatic heterocycles.